The molecule has 6 nitrogen and oxygen atoms in total. The summed E-state index contributed by atoms with van der Waals surface area (Å²) in [5.41, 5.74) is 8.04. The number of imide groups is 1. The summed E-state index contributed by atoms with van der Waals surface area (Å²) >= 11 is 6.91. The predicted molar refractivity (Wildman–Crippen MR) is 93.1 cm³/mol. The number of nitrogens with zero attached hydrogens (tertiary/aromatic N) is 1. The first kappa shape index (κ1) is 15.9. The van der Waals surface area contributed by atoms with E-state index < -0.39 is 17.4 Å². The molecular formula is C15H11Br2N3O3. The molecular weight excluding hydrogens is 430 g/mol. The Hall–Kier alpha value is -1.93. The summed E-state index contributed by atoms with van der Waals surface area (Å²) in [5.74, 6) is -1.29. The number of aromatic nitrogens is 1. The van der Waals surface area contributed by atoms with E-state index in [0.717, 1.165) is 17.2 Å². The number of benzene rings is 1. The molecule has 8 heteroatoms. The predicted octanol–water partition coefficient (Wildman–Crippen LogP) is 2.45. The van der Waals surface area contributed by atoms with Gasteiger partial charge in [0.05, 0.1) is 16.8 Å². The Bertz CT molecular complexity index is 964. The summed E-state index contributed by atoms with van der Waals surface area (Å²) in [4.78, 5) is 36.1. The summed E-state index contributed by atoms with van der Waals surface area (Å²) in [6.45, 7) is 3.84. The topological polar surface area (TPSA) is 94.2 Å². The van der Waals surface area contributed by atoms with Crippen LogP contribution in [-0.2, 0) is 0 Å². The molecule has 2 heterocycles. The molecule has 0 aliphatic carbocycles. The molecule has 0 fully saturated rings. The zero-order valence-electron chi connectivity index (χ0n) is 12.2. The number of halogens is 2. The minimum Gasteiger partial charge on any atom is -0.384 e. The number of carbonyl (C=O) groups is 2. The van der Waals surface area contributed by atoms with Crippen LogP contribution in [0.3, 0.4) is 0 Å². The van der Waals surface area contributed by atoms with Gasteiger partial charge in [-0.2, -0.15) is 0 Å². The molecule has 2 amide bonds. The van der Waals surface area contributed by atoms with E-state index in [1.165, 1.54) is 4.57 Å². The van der Waals surface area contributed by atoms with Crippen LogP contribution in [0.4, 0.5) is 5.82 Å². The summed E-state index contributed by atoms with van der Waals surface area (Å²) in [6, 6.07) is 2.99. The first-order valence-electron chi connectivity index (χ1n) is 6.60. The Morgan fingerprint density at radius 3 is 2.39 bits per heavy atom. The van der Waals surface area contributed by atoms with Gasteiger partial charge in [-0.15, -0.1) is 0 Å². The number of nitrogens with one attached hydrogen (secondary N) is 1. The molecule has 118 valence electrons. The second kappa shape index (κ2) is 5.31. The summed E-state index contributed by atoms with van der Waals surface area (Å²) in [6.07, 6.45) is 0. The van der Waals surface area contributed by atoms with Crippen molar-refractivity contribution >= 4 is 49.5 Å². The molecule has 3 N–H and O–H groups in total. The second-order valence-electron chi connectivity index (χ2n) is 5.24. The van der Waals surface area contributed by atoms with Gasteiger partial charge in [0.15, 0.2) is 0 Å². The van der Waals surface area contributed by atoms with Crippen molar-refractivity contribution < 1.29 is 9.59 Å². The highest BCUT2D eigenvalue weighted by Crippen LogP contribution is 2.35. The molecule has 1 aromatic heterocycles. The number of aryl methyl sites for hydroxylation is 1. The lowest BCUT2D eigenvalue weighted by molar-refractivity contribution is 0.0880. The van der Waals surface area contributed by atoms with E-state index in [9.17, 15) is 14.4 Å². The molecule has 0 bridgehead atoms. The molecule has 1 aliphatic heterocycles. The van der Waals surface area contributed by atoms with Gasteiger partial charge in [0, 0.05) is 15.0 Å². The number of fused-ring (bicyclic) bond motifs is 1. The Morgan fingerprint density at radius 2 is 1.74 bits per heavy atom. The summed E-state index contributed by atoms with van der Waals surface area (Å²) < 4.78 is 2.55. The van der Waals surface area contributed by atoms with Crippen molar-refractivity contribution in [1.82, 2.24) is 9.88 Å². The molecule has 3 rings (SSSR count). The zero-order chi connectivity index (χ0) is 17.0. The van der Waals surface area contributed by atoms with Crippen LogP contribution in [0.25, 0.3) is 5.69 Å². The number of hydrogen-bond acceptors (Lipinski definition) is 4. The molecule has 0 unspecified atom stereocenters. The van der Waals surface area contributed by atoms with Gasteiger partial charge in [-0.3, -0.25) is 24.3 Å². The molecule has 0 saturated carbocycles. The maximum Gasteiger partial charge on any atom is 0.262 e. The van der Waals surface area contributed by atoms with Crippen molar-refractivity contribution in [3.8, 4) is 5.69 Å². The van der Waals surface area contributed by atoms with Crippen molar-refractivity contribution in [2.24, 2.45) is 0 Å². The normalized spacial score (nSPS) is 13.2. The van der Waals surface area contributed by atoms with Crippen LogP contribution in [0.2, 0.25) is 0 Å². The maximum atomic E-state index is 12.5. The van der Waals surface area contributed by atoms with Crippen LogP contribution in [0.1, 0.15) is 31.8 Å². The molecule has 1 aromatic carbocycles. The third-order valence-electron chi connectivity index (χ3n) is 3.88. The van der Waals surface area contributed by atoms with Gasteiger partial charge in [0.25, 0.3) is 17.4 Å². The van der Waals surface area contributed by atoms with Crippen molar-refractivity contribution in [2.75, 3.05) is 5.73 Å². The van der Waals surface area contributed by atoms with Crippen LogP contribution in [-0.4, -0.2) is 16.4 Å². The first-order valence-corrected chi connectivity index (χ1v) is 8.19. The SMILES string of the molecule is Cc1cc(Br)c(-n2c(N)c3c(cc2=O)C(=O)NC3=O)c(Br)c1C. The zero-order valence-corrected chi connectivity index (χ0v) is 15.3. The van der Waals surface area contributed by atoms with Gasteiger partial charge in [0.2, 0.25) is 0 Å². The molecule has 0 atom stereocenters. The van der Waals surface area contributed by atoms with Crippen LogP contribution in [0.15, 0.2) is 25.9 Å². The quantitative estimate of drug-likeness (QED) is 0.666. The highest BCUT2D eigenvalue weighted by atomic mass is 79.9. The Labute approximate surface area is 147 Å². The van der Waals surface area contributed by atoms with E-state index in [1.807, 2.05) is 19.9 Å². The van der Waals surface area contributed by atoms with Crippen LogP contribution < -0.4 is 16.6 Å². The van der Waals surface area contributed by atoms with Gasteiger partial charge < -0.3 is 5.73 Å². The number of rotatable bonds is 1. The number of nitrogens with two attached hydrogens (primary N) is 1. The minimum absolute atomic E-state index is 0.00447. The van der Waals surface area contributed by atoms with Crippen LogP contribution in [0.5, 0.6) is 0 Å². The van der Waals surface area contributed by atoms with E-state index in [0.29, 0.717) is 14.6 Å². The fraction of sp³-hybridized carbons (Fsp3) is 0.133. The largest absolute Gasteiger partial charge is 0.384 e. The number of hydrogen-bond donors (Lipinski definition) is 2. The highest BCUT2D eigenvalue weighted by molar-refractivity contribution is 9.11. The standard InChI is InChI=1S/C15H11Br2N3O3/c1-5-3-8(16)12(11(17)6(5)2)20-9(21)4-7-10(13(20)18)15(23)19-14(7)22/h3-4H,18H2,1-2H3,(H,19,22,23). The molecule has 0 saturated heterocycles. The molecule has 2 aromatic rings. The van der Waals surface area contributed by atoms with Crippen molar-refractivity contribution in [3.05, 3.63) is 53.7 Å². The van der Waals surface area contributed by atoms with Gasteiger partial charge in [0.1, 0.15) is 5.82 Å². The average molecular weight is 441 g/mol. The van der Waals surface area contributed by atoms with Crippen molar-refractivity contribution in [2.45, 2.75) is 13.8 Å². The van der Waals surface area contributed by atoms with Gasteiger partial charge in [-0.25, -0.2) is 0 Å². The lowest BCUT2D eigenvalue weighted by Crippen LogP contribution is -2.25. The highest BCUT2D eigenvalue weighted by Gasteiger charge is 2.32. The maximum absolute atomic E-state index is 12.5. The van der Waals surface area contributed by atoms with E-state index in [1.54, 1.807) is 0 Å². The Balaban J connectivity index is 2.43. The second-order valence-corrected chi connectivity index (χ2v) is 6.89. The monoisotopic (exact) mass is 439 g/mol. The lowest BCUT2D eigenvalue weighted by atomic mass is 10.1. The first-order chi connectivity index (χ1) is 10.7. The van der Waals surface area contributed by atoms with E-state index in [2.05, 4.69) is 37.2 Å². The Morgan fingerprint density at radius 1 is 1.09 bits per heavy atom. The molecule has 0 spiro atoms. The average Bonchev–Trinajstić information content (AvgIpc) is 2.74. The van der Waals surface area contributed by atoms with Crippen LogP contribution in [0, 0.1) is 13.8 Å². The fourth-order valence-corrected chi connectivity index (χ4v) is 4.23. The molecule has 0 radical (unpaired) electrons. The van der Waals surface area contributed by atoms with E-state index >= 15 is 0 Å². The number of anilines is 1. The Kier molecular flexibility index (Phi) is 3.68. The lowest BCUT2D eigenvalue weighted by Gasteiger charge is -2.17. The third-order valence-corrected chi connectivity index (χ3v) is 5.45. The van der Waals surface area contributed by atoms with Gasteiger partial charge >= 0.3 is 0 Å². The van der Waals surface area contributed by atoms with Crippen LogP contribution >= 0.6 is 31.9 Å². The number of amides is 2. The number of carbonyl (C=O) groups excluding carboxylic acids is 2. The number of nitrogen functional groups attached to an aromatic ring is 1. The summed E-state index contributed by atoms with van der Waals surface area (Å²) in [7, 11) is 0. The smallest absolute Gasteiger partial charge is 0.262 e. The fourth-order valence-electron chi connectivity index (χ4n) is 2.54. The van der Waals surface area contributed by atoms with Crippen molar-refractivity contribution in [3.63, 3.8) is 0 Å². The number of pyridine rings is 1. The minimum atomic E-state index is -0.612. The molecule has 23 heavy (non-hydrogen) atoms. The van der Waals surface area contributed by atoms with Crippen molar-refractivity contribution in [1.29, 1.82) is 0 Å². The van der Waals surface area contributed by atoms with E-state index in [-0.39, 0.29) is 16.9 Å². The van der Waals surface area contributed by atoms with E-state index in [4.69, 9.17) is 5.73 Å². The molecule has 1 aliphatic rings. The third kappa shape index (κ3) is 2.24. The van der Waals surface area contributed by atoms with Gasteiger partial charge in [-0.05, 0) is 62.9 Å². The van der Waals surface area contributed by atoms with Gasteiger partial charge in [-0.1, -0.05) is 0 Å². The summed E-state index contributed by atoms with van der Waals surface area (Å²) in [5, 5.41) is 2.15.